The van der Waals surface area contributed by atoms with Crippen LogP contribution in [0.4, 0.5) is 0 Å². The third-order valence-corrected chi connectivity index (χ3v) is 3.61. The van der Waals surface area contributed by atoms with Crippen LogP contribution in [0.15, 0.2) is 34.2 Å². The van der Waals surface area contributed by atoms with Gasteiger partial charge in [-0.25, -0.2) is 9.89 Å². The van der Waals surface area contributed by atoms with Gasteiger partial charge in [-0.15, -0.1) is 5.10 Å². The molecule has 0 aliphatic heterocycles. The lowest BCUT2D eigenvalue weighted by molar-refractivity contribution is 0.344. The van der Waals surface area contributed by atoms with E-state index in [-0.39, 0.29) is 5.69 Å². The van der Waals surface area contributed by atoms with Crippen molar-refractivity contribution >= 4 is 11.8 Å². The van der Waals surface area contributed by atoms with Crippen molar-refractivity contribution in [3.05, 3.63) is 40.3 Å². The molecule has 6 nitrogen and oxygen atoms in total. The first-order chi connectivity index (χ1) is 10.2. The Balaban J connectivity index is 1.78. The maximum atomic E-state index is 11.2. The van der Waals surface area contributed by atoms with Crippen LogP contribution >= 0.6 is 11.8 Å². The van der Waals surface area contributed by atoms with Gasteiger partial charge in [0.1, 0.15) is 5.75 Å². The average Bonchev–Trinajstić information content (AvgIpc) is 2.82. The van der Waals surface area contributed by atoms with Crippen molar-refractivity contribution in [2.24, 2.45) is 12.8 Å². The van der Waals surface area contributed by atoms with Crippen LogP contribution in [0.25, 0.3) is 0 Å². The molecular formula is C14H16N4O2S. The predicted molar refractivity (Wildman–Crippen MR) is 82.4 cm³/mol. The third kappa shape index (κ3) is 4.41. The Hall–Kier alpha value is -2.17. The second kappa shape index (κ2) is 7.57. The molecule has 2 aromatic rings. The van der Waals surface area contributed by atoms with E-state index in [1.165, 1.54) is 16.3 Å². The highest BCUT2D eigenvalue weighted by atomic mass is 32.2. The van der Waals surface area contributed by atoms with Gasteiger partial charge >= 0.3 is 5.69 Å². The Kier molecular flexibility index (Phi) is 5.49. The molecule has 1 heterocycles. The summed E-state index contributed by atoms with van der Waals surface area (Å²) in [6.07, 6.45) is 0. The molecule has 0 amide bonds. The number of rotatable bonds is 5. The molecule has 2 rings (SSSR count). The zero-order chi connectivity index (χ0) is 15.1. The monoisotopic (exact) mass is 304 g/mol. The number of hydrogen-bond acceptors (Lipinski definition) is 5. The lowest BCUT2D eigenvalue weighted by Gasteiger charge is -2.05. The van der Waals surface area contributed by atoms with Gasteiger partial charge in [0.25, 0.3) is 0 Å². The maximum absolute atomic E-state index is 11.2. The molecule has 0 unspecified atom stereocenters. The minimum absolute atomic E-state index is 0.215. The molecule has 0 atom stereocenters. The van der Waals surface area contributed by atoms with Crippen molar-refractivity contribution in [1.82, 2.24) is 14.8 Å². The van der Waals surface area contributed by atoms with Crippen molar-refractivity contribution in [2.75, 3.05) is 18.9 Å². The molecule has 0 aliphatic rings. The highest BCUT2D eigenvalue weighted by molar-refractivity contribution is 7.99. The highest BCUT2D eigenvalue weighted by Crippen LogP contribution is 2.14. The summed E-state index contributed by atoms with van der Waals surface area (Å²) in [6.45, 7) is 0.880. The molecule has 0 radical (unpaired) electrons. The molecule has 0 bridgehead atoms. The first kappa shape index (κ1) is 15.2. The van der Waals surface area contributed by atoms with E-state index in [4.69, 9.17) is 10.5 Å². The molecule has 110 valence electrons. The lowest BCUT2D eigenvalue weighted by Crippen LogP contribution is -2.13. The molecule has 0 saturated heterocycles. The summed E-state index contributed by atoms with van der Waals surface area (Å²) in [6, 6.07) is 7.52. The summed E-state index contributed by atoms with van der Waals surface area (Å²) in [7, 11) is 1.68. The Morgan fingerprint density at radius 3 is 2.81 bits per heavy atom. The summed E-state index contributed by atoms with van der Waals surface area (Å²) in [4.78, 5) is 11.2. The fourth-order valence-electron chi connectivity index (χ4n) is 1.54. The number of aromatic amines is 1. The van der Waals surface area contributed by atoms with Crippen LogP contribution in [0, 0.1) is 11.8 Å². The minimum Gasteiger partial charge on any atom is -0.493 e. The van der Waals surface area contributed by atoms with Crippen LogP contribution in [0.3, 0.4) is 0 Å². The van der Waals surface area contributed by atoms with Gasteiger partial charge in [0, 0.05) is 18.4 Å². The Morgan fingerprint density at radius 1 is 1.43 bits per heavy atom. The number of H-pyrrole nitrogens is 1. The number of thioether (sulfide) groups is 1. The first-order valence-electron chi connectivity index (χ1n) is 6.36. The van der Waals surface area contributed by atoms with E-state index in [0.717, 1.165) is 11.3 Å². The Morgan fingerprint density at radius 2 is 2.19 bits per heavy atom. The first-order valence-corrected chi connectivity index (χ1v) is 7.35. The van der Waals surface area contributed by atoms with Crippen LogP contribution in [0.5, 0.6) is 5.75 Å². The molecule has 0 saturated carbocycles. The Bertz CT molecular complexity index is 694. The summed E-state index contributed by atoms with van der Waals surface area (Å²) >= 11 is 1.46. The van der Waals surface area contributed by atoms with Crippen molar-refractivity contribution in [3.8, 4) is 17.6 Å². The van der Waals surface area contributed by atoms with Gasteiger partial charge in [-0.3, -0.25) is 4.57 Å². The maximum Gasteiger partial charge on any atom is 0.343 e. The van der Waals surface area contributed by atoms with Crippen LogP contribution in [-0.2, 0) is 7.05 Å². The standard InChI is InChI=1S/C14H16N4O2S/c1-18-13(19)16-17-14(18)21-10-9-20-12-6-4-11(5-7-12)3-2-8-15/h4-7H,8-10,15H2,1H3,(H,16,19). The van der Waals surface area contributed by atoms with Gasteiger partial charge < -0.3 is 10.5 Å². The molecular weight excluding hydrogens is 288 g/mol. The molecule has 1 aromatic heterocycles. The van der Waals surface area contributed by atoms with Gasteiger partial charge in [0.05, 0.1) is 13.2 Å². The zero-order valence-corrected chi connectivity index (χ0v) is 12.4. The van der Waals surface area contributed by atoms with E-state index < -0.39 is 0 Å². The van der Waals surface area contributed by atoms with Crippen LogP contribution in [0.1, 0.15) is 5.56 Å². The minimum atomic E-state index is -0.215. The SMILES string of the molecule is Cn1c(SCCOc2ccc(C#CCN)cc2)n[nH]c1=O. The second-order valence-corrected chi connectivity index (χ2v) is 5.16. The molecule has 21 heavy (non-hydrogen) atoms. The van der Waals surface area contributed by atoms with Gasteiger partial charge in [-0.1, -0.05) is 23.6 Å². The van der Waals surface area contributed by atoms with Crippen molar-refractivity contribution in [3.63, 3.8) is 0 Å². The normalized spacial score (nSPS) is 10.0. The van der Waals surface area contributed by atoms with E-state index in [1.54, 1.807) is 7.05 Å². The van der Waals surface area contributed by atoms with Crippen LogP contribution < -0.4 is 16.2 Å². The fraction of sp³-hybridized carbons (Fsp3) is 0.286. The largest absolute Gasteiger partial charge is 0.493 e. The second-order valence-electron chi connectivity index (χ2n) is 4.10. The third-order valence-electron chi connectivity index (χ3n) is 2.61. The lowest BCUT2D eigenvalue weighted by atomic mass is 10.2. The average molecular weight is 304 g/mol. The number of nitrogens with two attached hydrogens (primary N) is 1. The van der Waals surface area contributed by atoms with Crippen molar-refractivity contribution in [2.45, 2.75) is 5.16 Å². The van der Waals surface area contributed by atoms with Crippen LogP contribution in [0.2, 0.25) is 0 Å². The number of benzene rings is 1. The summed E-state index contributed by atoms with van der Waals surface area (Å²) < 4.78 is 7.08. The number of ether oxygens (including phenoxy) is 1. The summed E-state index contributed by atoms with van der Waals surface area (Å²) in [5, 5.41) is 6.95. The molecule has 0 fully saturated rings. The predicted octanol–water partition coefficient (Wildman–Crippen LogP) is 0.590. The quantitative estimate of drug-likeness (QED) is 0.480. The van der Waals surface area contributed by atoms with Crippen molar-refractivity contribution < 1.29 is 4.74 Å². The highest BCUT2D eigenvalue weighted by Gasteiger charge is 2.04. The molecule has 3 N–H and O–H groups in total. The number of nitrogens with one attached hydrogen (secondary N) is 1. The smallest absolute Gasteiger partial charge is 0.343 e. The molecule has 0 aliphatic carbocycles. The molecule has 7 heteroatoms. The Labute approximate surface area is 126 Å². The molecule has 0 spiro atoms. The zero-order valence-electron chi connectivity index (χ0n) is 11.6. The van der Waals surface area contributed by atoms with E-state index in [0.29, 0.717) is 24.1 Å². The fourth-order valence-corrected chi connectivity index (χ4v) is 2.28. The van der Waals surface area contributed by atoms with E-state index >= 15 is 0 Å². The van der Waals surface area contributed by atoms with Gasteiger partial charge in [-0.2, -0.15) is 0 Å². The summed E-state index contributed by atoms with van der Waals surface area (Å²) in [5.41, 5.74) is 6.01. The van der Waals surface area contributed by atoms with E-state index in [1.807, 2.05) is 24.3 Å². The number of aromatic nitrogens is 3. The summed E-state index contributed by atoms with van der Waals surface area (Å²) in [5.74, 6) is 7.23. The number of nitrogens with zero attached hydrogens (tertiary/aromatic N) is 2. The van der Waals surface area contributed by atoms with Gasteiger partial charge in [-0.05, 0) is 24.3 Å². The van der Waals surface area contributed by atoms with Gasteiger partial charge in [0.15, 0.2) is 5.16 Å². The van der Waals surface area contributed by atoms with Gasteiger partial charge in [0.2, 0.25) is 0 Å². The van der Waals surface area contributed by atoms with E-state index in [2.05, 4.69) is 22.0 Å². The molecule has 1 aromatic carbocycles. The van der Waals surface area contributed by atoms with Crippen LogP contribution in [-0.4, -0.2) is 33.7 Å². The van der Waals surface area contributed by atoms with Crippen molar-refractivity contribution in [1.29, 1.82) is 0 Å². The number of hydrogen-bond donors (Lipinski definition) is 2. The topological polar surface area (TPSA) is 85.9 Å². The van der Waals surface area contributed by atoms with E-state index in [9.17, 15) is 4.79 Å².